The van der Waals surface area contributed by atoms with Gasteiger partial charge in [0.1, 0.15) is 0 Å². The van der Waals surface area contributed by atoms with E-state index in [-0.39, 0.29) is 17.2 Å². The second-order valence-corrected chi connectivity index (χ2v) is 4.77. The minimum Gasteiger partial charge on any atom is -0.367 e. The summed E-state index contributed by atoms with van der Waals surface area (Å²) in [4.78, 5) is 7.53. The molecule has 0 saturated heterocycles. The van der Waals surface area contributed by atoms with Crippen molar-refractivity contribution >= 4 is 11.8 Å². The molecule has 0 saturated carbocycles. The van der Waals surface area contributed by atoms with E-state index in [0.717, 1.165) is 12.6 Å². The Morgan fingerprint density at radius 2 is 2.12 bits per heavy atom. The molecule has 1 aromatic heterocycles. The Bertz CT molecular complexity index is 348. The van der Waals surface area contributed by atoms with Crippen LogP contribution in [0.4, 0.5) is 16.2 Å². The van der Waals surface area contributed by atoms with Crippen molar-refractivity contribution in [2.75, 3.05) is 17.3 Å². The summed E-state index contributed by atoms with van der Waals surface area (Å²) >= 11 is 0. The lowest BCUT2D eigenvalue weighted by Crippen LogP contribution is -2.16. The van der Waals surface area contributed by atoms with Crippen molar-refractivity contribution in [1.82, 2.24) is 9.97 Å². The molecule has 6 heteroatoms. The molecule has 0 bridgehead atoms. The maximum atomic E-state index is 13.3. The van der Waals surface area contributed by atoms with Crippen molar-refractivity contribution in [2.24, 2.45) is 11.3 Å². The third-order valence-electron chi connectivity index (χ3n) is 2.04. The molecule has 1 aromatic rings. The number of rotatable bonds is 4. The molecule has 0 unspecified atom stereocenters. The number of halogens is 1. The molecule has 0 amide bonds. The number of hydrazine groups is 1. The van der Waals surface area contributed by atoms with Gasteiger partial charge in [-0.15, -0.1) is 0 Å². The summed E-state index contributed by atoms with van der Waals surface area (Å²) in [7, 11) is 0. The minimum absolute atomic E-state index is 0.173. The van der Waals surface area contributed by atoms with E-state index in [9.17, 15) is 4.39 Å². The Morgan fingerprint density at radius 1 is 1.44 bits per heavy atom. The van der Waals surface area contributed by atoms with Gasteiger partial charge in [0, 0.05) is 6.54 Å². The standard InChI is InChI=1S/C10H18FN5/c1-10(2,3)4-5-13-8-7(11)6-14-9(15-8)16-12/h6H,4-5,12H2,1-3H3,(H2,13,14,15,16). The Labute approximate surface area is 94.6 Å². The average molecular weight is 227 g/mol. The SMILES string of the molecule is CC(C)(C)CCNc1nc(NN)ncc1F. The zero-order chi connectivity index (χ0) is 12.2. The van der Waals surface area contributed by atoms with Crippen molar-refractivity contribution in [3.8, 4) is 0 Å². The fourth-order valence-electron chi connectivity index (χ4n) is 1.12. The summed E-state index contributed by atoms with van der Waals surface area (Å²) in [5.74, 6) is 5.03. The van der Waals surface area contributed by atoms with Crippen LogP contribution in [0.25, 0.3) is 0 Å². The van der Waals surface area contributed by atoms with Crippen molar-refractivity contribution in [1.29, 1.82) is 0 Å². The molecule has 4 N–H and O–H groups in total. The molecule has 0 fully saturated rings. The van der Waals surface area contributed by atoms with Crippen molar-refractivity contribution in [3.05, 3.63) is 12.0 Å². The maximum absolute atomic E-state index is 13.3. The van der Waals surface area contributed by atoms with Crippen LogP contribution in [0.15, 0.2) is 6.20 Å². The molecule has 0 spiro atoms. The van der Waals surface area contributed by atoms with E-state index in [1.54, 1.807) is 0 Å². The number of nitrogens with zero attached hydrogens (tertiary/aromatic N) is 2. The molecular weight excluding hydrogens is 209 g/mol. The molecular formula is C10H18FN5. The smallest absolute Gasteiger partial charge is 0.239 e. The molecule has 90 valence electrons. The maximum Gasteiger partial charge on any atom is 0.239 e. The summed E-state index contributed by atoms with van der Waals surface area (Å²) in [5, 5.41) is 2.92. The summed E-state index contributed by atoms with van der Waals surface area (Å²) in [6, 6.07) is 0. The third-order valence-corrected chi connectivity index (χ3v) is 2.04. The predicted molar refractivity (Wildman–Crippen MR) is 62.4 cm³/mol. The summed E-state index contributed by atoms with van der Waals surface area (Å²) in [6.45, 7) is 7.02. The highest BCUT2D eigenvalue weighted by atomic mass is 19.1. The van der Waals surface area contributed by atoms with E-state index in [2.05, 4.69) is 41.5 Å². The molecule has 0 aromatic carbocycles. The topological polar surface area (TPSA) is 75.9 Å². The Balaban J connectivity index is 2.59. The number of hydrogen-bond acceptors (Lipinski definition) is 5. The fraction of sp³-hybridized carbons (Fsp3) is 0.600. The van der Waals surface area contributed by atoms with Crippen LogP contribution in [-0.4, -0.2) is 16.5 Å². The van der Waals surface area contributed by atoms with Crippen LogP contribution < -0.4 is 16.6 Å². The lowest BCUT2D eigenvalue weighted by Gasteiger charge is -2.18. The van der Waals surface area contributed by atoms with E-state index in [4.69, 9.17) is 5.84 Å². The summed E-state index contributed by atoms with van der Waals surface area (Å²) in [5.41, 5.74) is 2.47. The fourth-order valence-corrected chi connectivity index (χ4v) is 1.12. The summed E-state index contributed by atoms with van der Waals surface area (Å²) < 4.78 is 13.3. The second-order valence-electron chi connectivity index (χ2n) is 4.77. The van der Waals surface area contributed by atoms with Gasteiger partial charge < -0.3 is 5.32 Å². The van der Waals surface area contributed by atoms with E-state index in [0.29, 0.717) is 6.54 Å². The average Bonchev–Trinajstić information content (AvgIpc) is 2.19. The number of nitrogens with two attached hydrogens (primary N) is 1. The monoisotopic (exact) mass is 227 g/mol. The van der Waals surface area contributed by atoms with Crippen molar-refractivity contribution < 1.29 is 4.39 Å². The zero-order valence-corrected chi connectivity index (χ0v) is 9.84. The van der Waals surface area contributed by atoms with Crippen LogP contribution in [0.5, 0.6) is 0 Å². The number of hydrogen-bond donors (Lipinski definition) is 3. The molecule has 1 rings (SSSR count). The van der Waals surface area contributed by atoms with Crippen molar-refractivity contribution in [2.45, 2.75) is 27.2 Å². The molecule has 0 aliphatic carbocycles. The number of nitrogens with one attached hydrogen (secondary N) is 2. The van der Waals surface area contributed by atoms with Crippen molar-refractivity contribution in [3.63, 3.8) is 0 Å². The van der Waals surface area contributed by atoms with Gasteiger partial charge in [0.15, 0.2) is 11.6 Å². The van der Waals surface area contributed by atoms with Crippen LogP contribution >= 0.6 is 0 Å². The highest BCUT2D eigenvalue weighted by Crippen LogP contribution is 2.19. The number of anilines is 2. The molecule has 16 heavy (non-hydrogen) atoms. The molecule has 0 radical (unpaired) electrons. The predicted octanol–water partition coefficient (Wildman–Crippen LogP) is 1.75. The third kappa shape index (κ3) is 3.98. The van der Waals surface area contributed by atoms with E-state index < -0.39 is 5.82 Å². The Morgan fingerprint density at radius 3 is 2.69 bits per heavy atom. The molecule has 1 heterocycles. The van der Waals surface area contributed by atoms with Gasteiger partial charge in [0.05, 0.1) is 6.20 Å². The quantitative estimate of drug-likeness (QED) is 0.539. The molecule has 0 atom stereocenters. The van der Waals surface area contributed by atoms with Crippen LogP contribution in [-0.2, 0) is 0 Å². The van der Waals surface area contributed by atoms with E-state index in [1.165, 1.54) is 0 Å². The van der Waals surface area contributed by atoms with Crippen LogP contribution in [0.3, 0.4) is 0 Å². The van der Waals surface area contributed by atoms with Crippen LogP contribution in [0.2, 0.25) is 0 Å². The lowest BCUT2D eigenvalue weighted by atomic mass is 9.92. The Kier molecular flexibility index (Phi) is 4.00. The Hall–Kier alpha value is -1.43. The van der Waals surface area contributed by atoms with Gasteiger partial charge in [-0.1, -0.05) is 20.8 Å². The minimum atomic E-state index is -0.479. The van der Waals surface area contributed by atoms with Crippen LogP contribution in [0, 0.1) is 11.2 Å². The normalized spacial score (nSPS) is 11.3. The largest absolute Gasteiger partial charge is 0.367 e. The van der Waals surface area contributed by atoms with Gasteiger partial charge in [-0.05, 0) is 11.8 Å². The summed E-state index contributed by atoms with van der Waals surface area (Å²) in [6.07, 6.45) is 2.00. The number of aromatic nitrogens is 2. The highest BCUT2D eigenvalue weighted by Gasteiger charge is 2.11. The number of nitrogen functional groups attached to an aromatic ring is 1. The molecule has 0 aliphatic heterocycles. The zero-order valence-electron chi connectivity index (χ0n) is 9.84. The van der Waals surface area contributed by atoms with Gasteiger partial charge in [-0.3, -0.25) is 5.43 Å². The van der Waals surface area contributed by atoms with Gasteiger partial charge >= 0.3 is 0 Å². The van der Waals surface area contributed by atoms with Gasteiger partial charge in [0.25, 0.3) is 0 Å². The van der Waals surface area contributed by atoms with Gasteiger partial charge in [-0.2, -0.15) is 4.98 Å². The van der Waals surface area contributed by atoms with E-state index >= 15 is 0 Å². The van der Waals surface area contributed by atoms with Gasteiger partial charge in [-0.25, -0.2) is 15.2 Å². The highest BCUT2D eigenvalue weighted by molar-refractivity contribution is 5.40. The first-order valence-electron chi connectivity index (χ1n) is 5.15. The first-order chi connectivity index (χ1) is 7.42. The molecule has 0 aliphatic rings. The second kappa shape index (κ2) is 5.07. The van der Waals surface area contributed by atoms with E-state index in [1.807, 2.05) is 0 Å². The van der Waals surface area contributed by atoms with Crippen LogP contribution in [0.1, 0.15) is 27.2 Å². The first-order valence-corrected chi connectivity index (χ1v) is 5.15. The lowest BCUT2D eigenvalue weighted by molar-refractivity contribution is 0.389. The molecule has 5 nitrogen and oxygen atoms in total. The van der Waals surface area contributed by atoms with Gasteiger partial charge in [0.2, 0.25) is 5.95 Å². The first kappa shape index (κ1) is 12.6.